The number of aromatic nitrogens is 1. The van der Waals surface area contributed by atoms with Gasteiger partial charge in [0.05, 0.1) is 23.4 Å². The Bertz CT molecular complexity index is 716. The molecule has 0 radical (unpaired) electrons. The number of nitrogens with zero attached hydrogens (tertiary/aromatic N) is 2. The Morgan fingerprint density at radius 2 is 2.18 bits per heavy atom. The van der Waals surface area contributed by atoms with E-state index in [2.05, 4.69) is 4.99 Å². The van der Waals surface area contributed by atoms with Crippen molar-refractivity contribution in [2.75, 3.05) is 20.3 Å². The molecule has 2 rings (SSSR count). The smallest absolute Gasteiger partial charge is 0.250 e. The van der Waals surface area contributed by atoms with E-state index in [9.17, 15) is 4.79 Å². The van der Waals surface area contributed by atoms with Gasteiger partial charge >= 0.3 is 0 Å². The summed E-state index contributed by atoms with van der Waals surface area (Å²) in [4.78, 5) is 16.9. The van der Waals surface area contributed by atoms with Crippen LogP contribution in [0.2, 0.25) is 0 Å². The van der Waals surface area contributed by atoms with Crippen molar-refractivity contribution in [1.82, 2.24) is 4.57 Å². The highest BCUT2D eigenvalue weighted by molar-refractivity contribution is 7.16. The largest absolute Gasteiger partial charge is 0.494 e. The molecule has 1 amide bonds. The maximum absolute atomic E-state index is 12.0. The molecule has 120 valence electrons. The molecule has 0 aliphatic carbocycles. The number of benzene rings is 1. The molecule has 0 spiro atoms. The zero-order valence-electron chi connectivity index (χ0n) is 13.5. The summed E-state index contributed by atoms with van der Waals surface area (Å²) in [6.45, 7) is 7.53. The summed E-state index contributed by atoms with van der Waals surface area (Å²) in [5.74, 6) is 0.611. The van der Waals surface area contributed by atoms with E-state index in [0.29, 0.717) is 24.6 Å². The predicted octanol–water partition coefficient (Wildman–Crippen LogP) is 2.83. The monoisotopic (exact) mass is 322 g/mol. The molecule has 0 saturated carbocycles. The van der Waals surface area contributed by atoms with Crippen LogP contribution in [-0.4, -0.2) is 30.8 Å². The van der Waals surface area contributed by atoms with Crippen LogP contribution in [0.5, 0.6) is 5.75 Å². The second-order valence-corrected chi connectivity index (χ2v) is 6.21. The van der Waals surface area contributed by atoms with Gasteiger partial charge in [-0.3, -0.25) is 4.79 Å². The van der Waals surface area contributed by atoms with Crippen molar-refractivity contribution in [3.8, 4) is 5.75 Å². The molecule has 1 aromatic heterocycles. The second-order valence-electron chi connectivity index (χ2n) is 5.20. The van der Waals surface area contributed by atoms with Crippen LogP contribution in [0.15, 0.2) is 23.2 Å². The molecule has 0 aliphatic heterocycles. The Hall–Kier alpha value is -1.66. The molecule has 22 heavy (non-hydrogen) atoms. The maximum atomic E-state index is 12.0. The molecule has 5 nitrogen and oxygen atoms in total. The van der Waals surface area contributed by atoms with Crippen molar-refractivity contribution in [3.05, 3.63) is 23.0 Å². The summed E-state index contributed by atoms with van der Waals surface area (Å²) >= 11 is 1.50. The number of amides is 1. The molecule has 0 aliphatic rings. The van der Waals surface area contributed by atoms with E-state index in [1.54, 1.807) is 7.11 Å². The number of thiazole rings is 1. The Balaban J connectivity index is 2.55. The molecule has 1 aromatic carbocycles. The van der Waals surface area contributed by atoms with E-state index in [4.69, 9.17) is 9.47 Å². The predicted molar refractivity (Wildman–Crippen MR) is 88.3 cm³/mol. The van der Waals surface area contributed by atoms with Crippen LogP contribution >= 0.6 is 11.3 Å². The van der Waals surface area contributed by atoms with Gasteiger partial charge in [-0.05, 0) is 25.1 Å². The molecule has 1 heterocycles. The lowest BCUT2D eigenvalue weighted by Crippen LogP contribution is -2.20. The van der Waals surface area contributed by atoms with Gasteiger partial charge in [0.1, 0.15) is 5.75 Å². The first kappa shape index (κ1) is 16.7. The van der Waals surface area contributed by atoms with Gasteiger partial charge in [-0.1, -0.05) is 25.2 Å². The van der Waals surface area contributed by atoms with Gasteiger partial charge in [-0.15, -0.1) is 0 Å². The molecular formula is C16H22N2O3S. The van der Waals surface area contributed by atoms with Gasteiger partial charge in [0.25, 0.3) is 5.91 Å². The van der Waals surface area contributed by atoms with Gasteiger partial charge < -0.3 is 14.0 Å². The summed E-state index contributed by atoms with van der Waals surface area (Å²) < 4.78 is 13.8. The van der Waals surface area contributed by atoms with Crippen LogP contribution in [0.3, 0.4) is 0 Å². The SMILES string of the molecule is CCOc1ccc2c(c1)sc(=NC(=O)C(C)C)n2CCOC. The molecule has 0 atom stereocenters. The van der Waals surface area contributed by atoms with Crippen molar-refractivity contribution in [3.63, 3.8) is 0 Å². The standard InChI is InChI=1S/C16H22N2O3S/c1-5-21-12-6-7-13-14(10-12)22-16(17-15(19)11(2)3)18(13)8-9-20-4/h6-7,10-11H,5,8-9H2,1-4H3. The number of hydrogen-bond acceptors (Lipinski definition) is 4. The second kappa shape index (κ2) is 7.56. The van der Waals surface area contributed by atoms with Crippen LogP contribution in [0, 0.1) is 5.92 Å². The molecule has 0 N–H and O–H groups in total. The molecule has 0 saturated heterocycles. The fraction of sp³-hybridized carbons (Fsp3) is 0.500. The van der Waals surface area contributed by atoms with E-state index in [-0.39, 0.29) is 11.8 Å². The normalized spacial score (nSPS) is 12.3. The van der Waals surface area contributed by atoms with Crippen LogP contribution < -0.4 is 9.54 Å². The Kier molecular flexibility index (Phi) is 5.74. The average molecular weight is 322 g/mol. The number of rotatable bonds is 6. The van der Waals surface area contributed by atoms with Crippen LogP contribution in [0.1, 0.15) is 20.8 Å². The van der Waals surface area contributed by atoms with Crippen molar-refractivity contribution in [1.29, 1.82) is 0 Å². The van der Waals surface area contributed by atoms with Gasteiger partial charge in [0.15, 0.2) is 4.80 Å². The highest BCUT2D eigenvalue weighted by Crippen LogP contribution is 2.23. The third-order valence-electron chi connectivity index (χ3n) is 3.18. The van der Waals surface area contributed by atoms with Crippen LogP contribution in [0.25, 0.3) is 10.2 Å². The third-order valence-corrected chi connectivity index (χ3v) is 4.23. The maximum Gasteiger partial charge on any atom is 0.250 e. The number of methoxy groups -OCH3 is 1. The molecule has 0 unspecified atom stereocenters. The van der Waals surface area contributed by atoms with Crippen molar-refractivity contribution in [2.24, 2.45) is 10.9 Å². The average Bonchev–Trinajstić information content (AvgIpc) is 2.81. The van der Waals surface area contributed by atoms with Gasteiger partial charge in [-0.2, -0.15) is 4.99 Å². The lowest BCUT2D eigenvalue weighted by atomic mass is 10.2. The number of hydrogen-bond donors (Lipinski definition) is 0. The van der Waals surface area contributed by atoms with Crippen LogP contribution in [0.4, 0.5) is 0 Å². The zero-order chi connectivity index (χ0) is 16.1. The number of carbonyl (C=O) groups is 1. The van der Waals surface area contributed by atoms with E-state index < -0.39 is 0 Å². The minimum absolute atomic E-state index is 0.109. The number of fused-ring (bicyclic) bond motifs is 1. The number of carbonyl (C=O) groups excluding carboxylic acids is 1. The lowest BCUT2D eigenvalue weighted by Gasteiger charge is -2.06. The molecule has 0 bridgehead atoms. The van der Waals surface area contributed by atoms with Crippen molar-refractivity contribution >= 4 is 27.5 Å². The molecular weight excluding hydrogens is 300 g/mol. The van der Waals surface area contributed by atoms with E-state index >= 15 is 0 Å². The zero-order valence-corrected chi connectivity index (χ0v) is 14.3. The first-order chi connectivity index (χ1) is 10.6. The van der Waals surface area contributed by atoms with E-state index in [0.717, 1.165) is 16.0 Å². The highest BCUT2D eigenvalue weighted by Gasteiger charge is 2.10. The summed E-state index contributed by atoms with van der Waals surface area (Å²) in [6, 6.07) is 5.94. The fourth-order valence-corrected chi connectivity index (χ4v) is 3.11. The molecule has 2 aromatic rings. The highest BCUT2D eigenvalue weighted by atomic mass is 32.1. The first-order valence-electron chi connectivity index (χ1n) is 7.40. The molecule has 0 fully saturated rings. The van der Waals surface area contributed by atoms with Gasteiger partial charge in [0.2, 0.25) is 0 Å². The first-order valence-corrected chi connectivity index (χ1v) is 8.22. The minimum atomic E-state index is -0.111. The Morgan fingerprint density at radius 3 is 2.82 bits per heavy atom. The summed E-state index contributed by atoms with van der Waals surface area (Å²) in [6.07, 6.45) is 0. The van der Waals surface area contributed by atoms with Crippen LogP contribution in [-0.2, 0) is 16.1 Å². The topological polar surface area (TPSA) is 52.8 Å². The number of ether oxygens (including phenoxy) is 2. The fourth-order valence-electron chi connectivity index (χ4n) is 2.02. The Morgan fingerprint density at radius 1 is 1.41 bits per heavy atom. The summed E-state index contributed by atoms with van der Waals surface area (Å²) in [7, 11) is 1.67. The van der Waals surface area contributed by atoms with E-state index in [1.165, 1.54) is 11.3 Å². The van der Waals surface area contributed by atoms with E-state index in [1.807, 2.05) is 43.5 Å². The minimum Gasteiger partial charge on any atom is -0.494 e. The van der Waals surface area contributed by atoms with Crippen molar-refractivity contribution < 1.29 is 14.3 Å². The van der Waals surface area contributed by atoms with Gasteiger partial charge in [-0.25, -0.2) is 0 Å². The quantitative estimate of drug-likeness (QED) is 0.822. The van der Waals surface area contributed by atoms with Crippen molar-refractivity contribution in [2.45, 2.75) is 27.3 Å². The summed E-state index contributed by atoms with van der Waals surface area (Å²) in [5.41, 5.74) is 1.04. The molecule has 6 heteroatoms. The van der Waals surface area contributed by atoms with Gasteiger partial charge in [0, 0.05) is 19.6 Å². The lowest BCUT2D eigenvalue weighted by molar-refractivity contribution is -0.120. The third kappa shape index (κ3) is 3.75. The summed E-state index contributed by atoms with van der Waals surface area (Å²) in [5, 5.41) is 0. The Labute approximate surface area is 134 Å².